The average Bonchev–Trinajstić information content (AvgIpc) is 2.01. The van der Waals surface area contributed by atoms with Gasteiger partial charge in [0.05, 0.1) is 0 Å². The van der Waals surface area contributed by atoms with Gasteiger partial charge in [-0.2, -0.15) is 0 Å². The van der Waals surface area contributed by atoms with Crippen molar-refractivity contribution in [3.05, 3.63) is 9.66 Å². The molecule has 1 aliphatic rings. The Balaban J connectivity index is 2.66. The lowest BCUT2D eigenvalue weighted by Crippen LogP contribution is -2.27. The predicted octanol–water partition coefficient (Wildman–Crippen LogP) is 4.11. The largest absolute Gasteiger partial charge is 0.300 e. The molecule has 0 heterocycles. The second-order valence-corrected chi connectivity index (χ2v) is 6.16. The second-order valence-electron chi connectivity index (χ2n) is 4.91. The summed E-state index contributed by atoms with van der Waals surface area (Å²) < 4.78 is 1.46. The molecule has 0 N–H and O–H groups in total. The maximum absolute atomic E-state index is 11.0. The van der Waals surface area contributed by atoms with Crippen LogP contribution >= 0.6 is 22.6 Å². The van der Waals surface area contributed by atoms with Gasteiger partial charge in [0.2, 0.25) is 0 Å². The highest BCUT2D eigenvalue weighted by atomic mass is 127. The number of ketones is 1. The number of carbonyl (C=O) groups is 1. The van der Waals surface area contributed by atoms with Crippen molar-refractivity contribution < 1.29 is 4.79 Å². The molecule has 1 rings (SSSR count). The van der Waals surface area contributed by atoms with Crippen LogP contribution in [0.25, 0.3) is 0 Å². The first-order valence-corrected chi connectivity index (χ1v) is 6.36. The zero-order valence-electron chi connectivity index (χ0n) is 9.27. The van der Waals surface area contributed by atoms with Gasteiger partial charge in [-0.05, 0) is 63.7 Å². The molecule has 0 bridgehead atoms. The van der Waals surface area contributed by atoms with Crippen molar-refractivity contribution in [2.75, 3.05) is 0 Å². The quantitative estimate of drug-likeness (QED) is 0.717. The van der Waals surface area contributed by atoms with Crippen molar-refractivity contribution >= 4 is 28.4 Å². The Morgan fingerprint density at radius 3 is 2.79 bits per heavy atom. The summed E-state index contributed by atoms with van der Waals surface area (Å²) in [5, 5.41) is 0. The van der Waals surface area contributed by atoms with Crippen molar-refractivity contribution in [2.24, 2.45) is 11.3 Å². The molecule has 1 atom stereocenters. The lowest BCUT2D eigenvalue weighted by Gasteiger charge is -2.37. The summed E-state index contributed by atoms with van der Waals surface area (Å²) in [7, 11) is 0. The van der Waals surface area contributed by atoms with E-state index in [1.807, 2.05) is 0 Å². The van der Waals surface area contributed by atoms with E-state index >= 15 is 0 Å². The molecule has 0 radical (unpaired) electrons. The minimum absolute atomic E-state index is 0.315. The van der Waals surface area contributed by atoms with Gasteiger partial charge in [-0.1, -0.05) is 19.9 Å². The van der Waals surface area contributed by atoms with E-state index in [1.54, 1.807) is 6.92 Å². The molecular formula is C12H19IO. The molecule has 0 saturated carbocycles. The average molecular weight is 306 g/mol. The van der Waals surface area contributed by atoms with Crippen LogP contribution in [0.1, 0.15) is 46.5 Å². The van der Waals surface area contributed by atoms with Crippen LogP contribution in [0.5, 0.6) is 0 Å². The highest BCUT2D eigenvalue weighted by Gasteiger charge is 2.33. The SMILES string of the molecule is CC(=O)CC[C@H]1C(I)=CCCC1(C)C. The number of halogens is 1. The van der Waals surface area contributed by atoms with E-state index in [-0.39, 0.29) is 0 Å². The molecule has 0 aromatic heterocycles. The van der Waals surface area contributed by atoms with Crippen LogP contribution in [0, 0.1) is 11.3 Å². The predicted molar refractivity (Wildman–Crippen MR) is 68.5 cm³/mol. The van der Waals surface area contributed by atoms with Gasteiger partial charge in [0.1, 0.15) is 5.78 Å². The summed E-state index contributed by atoms with van der Waals surface area (Å²) in [6.45, 7) is 6.33. The third-order valence-electron chi connectivity index (χ3n) is 3.19. The lowest BCUT2D eigenvalue weighted by molar-refractivity contribution is -0.117. The highest BCUT2D eigenvalue weighted by Crippen LogP contribution is 2.45. The Bertz CT molecular complexity index is 253. The van der Waals surface area contributed by atoms with E-state index in [0.717, 1.165) is 12.8 Å². The van der Waals surface area contributed by atoms with Crippen LogP contribution in [0.2, 0.25) is 0 Å². The fourth-order valence-electron chi connectivity index (χ4n) is 2.15. The molecule has 0 aliphatic heterocycles. The number of allylic oxidation sites excluding steroid dienone is 2. The van der Waals surface area contributed by atoms with Gasteiger partial charge in [-0.15, -0.1) is 0 Å². The van der Waals surface area contributed by atoms with Crippen LogP contribution in [0.3, 0.4) is 0 Å². The third kappa shape index (κ3) is 3.07. The molecule has 14 heavy (non-hydrogen) atoms. The maximum atomic E-state index is 11.0. The summed E-state index contributed by atoms with van der Waals surface area (Å²) in [5.74, 6) is 0.913. The monoisotopic (exact) mass is 306 g/mol. The molecular weight excluding hydrogens is 287 g/mol. The maximum Gasteiger partial charge on any atom is 0.129 e. The van der Waals surface area contributed by atoms with E-state index in [9.17, 15) is 4.79 Å². The van der Waals surface area contributed by atoms with Gasteiger partial charge in [0.15, 0.2) is 0 Å². The molecule has 0 saturated heterocycles. The number of hydrogen-bond acceptors (Lipinski definition) is 1. The summed E-state index contributed by atoms with van der Waals surface area (Å²) >= 11 is 2.44. The van der Waals surface area contributed by atoms with Gasteiger partial charge in [-0.3, -0.25) is 0 Å². The normalized spacial score (nSPS) is 25.7. The minimum Gasteiger partial charge on any atom is -0.300 e. The molecule has 1 nitrogen and oxygen atoms in total. The fourth-order valence-corrected chi connectivity index (χ4v) is 3.61. The van der Waals surface area contributed by atoms with Gasteiger partial charge in [-0.25, -0.2) is 0 Å². The molecule has 0 aromatic rings. The smallest absolute Gasteiger partial charge is 0.129 e. The van der Waals surface area contributed by atoms with E-state index in [0.29, 0.717) is 17.1 Å². The first-order chi connectivity index (χ1) is 6.43. The molecule has 0 fully saturated rings. The van der Waals surface area contributed by atoms with Crippen molar-refractivity contribution in [3.63, 3.8) is 0 Å². The summed E-state index contributed by atoms with van der Waals surface area (Å²) in [4.78, 5) is 11.0. The lowest BCUT2D eigenvalue weighted by atomic mass is 9.70. The zero-order valence-corrected chi connectivity index (χ0v) is 11.4. The third-order valence-corrected chi connectivity index (χ3v) is 4.38. The Labute approximate surface area is 100 Å². The topological polar surface area (TPSA) is 17.1 Å². The molecule has 0 unspecified atom stereocenters. The van der Waals surface area contributed by atoms with Crippen LogP contribution in [0.15, 0.2) is 9.66 Å². The van der Waals surface area contributed by atoms with Crippen LogP contribution in [-0.2, 0) is 4.79 Å². The van der Waals surface area contributed by atoms with Gasteiger partial charge in [0.25, 0.3) is 0 Å². The first-order valence-electron chi connectivity index (χ1n) is 5.28. The van der Waals surface area contributed by atoms with Crippen molar-refractivity contribution in [2.45, 2.75) is 46.5 Å². The van der Waals surface area contributed by atoms with E-state index in [1.165, 1.54) is 16.4 Å². The molecule has 2 heteroatoms. The van der Waals surface area contributed by atoms with Crippen LogP contribution < -0.4 is 0 Å². The standard InChI is InChI=1S/C12H19IO/c1-9(14)6-7-10-11(13)5-4-8-12(10,2)3/h5,10H,4,6-8H2,1-3H3/t10-/m0/s1. The second kappa shape index (κ2) is 4.77. The van der Waals surface area contributed by atoms with E-state index < -0.39 is 0 Å². The molecule has 0 aromatic carbocycles. The fraction of sp³-hybridized carbons (Fsp3) is 0.750. The molecule has 0 amide bonds. The van der Waals surface area contributed by atoms with Crippen molar-refractivity contribution in [1.82, 2.24) is 0 Å². The highest BCUT2D eigenvalue weighted by molar-refractivity contribution is 14.1. The zero-order chi connectivity index (χ0) is 10.8. The van der Waals surface area contributed by atoms with Gasteiger partial charge < -0.3 is 4.79 Å². The Morgan fingerprint density at radius 2 is 2.29 bits per heavy atom. The van der Waals surface area contributed by atoms with Crippen LogP contribution in [0.4, 0.5) is 0 Å². The summed E-state index contributed by atoms with van der Waals surface area (Å²) in [6, 6.07) is 0. The van der Waals surface area contributed by atoms with Crippen molar-refractivity contribution in [1.29, 1.82) is 0 Å². The Kier molecular flexibility index (Phi) is 4.16. The Morgan fingerprint density at radius 1 is 1.64 bits per heavy atom. The molecule has 0 spiro atoms. The van der Waals surface area contributed by atoms with Gasteiger partial charge in [0, 0.05) is 6.42 Å². The summed E-state index contributed by atoms with van der Waals surface area (Å²) in [6.07, 6.45) is 6.53. The molecule has 1 aliphatic carbocycles. The summed E-state index contributed by atoms with van der Waals surface area (Å²) in [5.41, 5.74) is 0.376. The van der Waals surface area contributed by atoms with Gasteiger partial charge >= 0.3 is 0 Å². The van der Waals surface area contributed by atoms with Crippen molar-refractivity contribution in [3.8, 4) is 0 Å². The minimum atomic E-state index is 0.315. The number of rotatable bonds is 3. The van der Waals surface area contributed by atoms with E-state index in [4.69, 9.17) is 0 Å². The van der Waals surface area contributed by atoms with E-state index in [2.05, 4.69) is 42.5 Å². The van der Waals surface area contributed by atoms with Crippen LogP contribution in [-0.4, -0.2) is 5.78 Å². The first kappa shape index (κ1) is 12.2. The number of carbonyl (C=O) groups excluding carboxylic acids is 1. The number of hydrogen-bond donors (Lipinski definition) is 0. The Hall–Kier alpha value is 0.140. The number of Topliss-reactive ketones (excluding diaryl/α,β-unsaturated/α-hetero) is 1. The molecule has 80 valence electrons.